The van der Waals surface area contributed by atoms with Crippen LogP contribution in [-0.2, 0) is 0 Å². The second-order valence-corrected chi connectivity index (χ2v) is 1.74. The molecule has 0 fully saturated rings. The molecule has 0 saturated carbocycles. The second-order valence-electron chi connectivity index (χ2n) is 1.06. The fourth-order valence-electron chi connectivity index (χ4n) is 0.251. The Morgan fingerprint density at radius 3 is 2.78 bits per heavy atom. The van der Waals surface area contributed by atoms with Crippen molar-refractivity contribution in [3.63, 3.8) is 0 Å². The summed E-state index contributed by atoms with van der Waals surface area (Å²) in [4.78, 5) is 6.82. The molecule has 0 aliphatic carbocycles. The number of amidine groups is 2. The van der Waals surface area contributed by atoms with Crippen molar-refractivity contribution in [2.45, 2.75) is 0 Å². The molecule has 46 valence electrons. The lowest BCUT2D eigenvalue weighted by atomic mass is 11.1. The van der Waals surface area contributed by atoms with E-state index in [1.54, 1.807) is 0 Å². The minimum atomic E-state index is -0.0475. The van der Waals surface area contributed by atoms with Crippen LogP contribution in [0.15, 0.2) is 20.2 Å². The zero-order chi connectivity index (χ0) is 6.69. The van der Waals surface area contributed by atoms with E-state index in [-0.39, 0.29) is 10.6 Å². The van der Waals surface area contributed by atoms with Crippen LogP contribution >= 0.6 is 23.2 Å². The molecule has 0 radical (unpaired) electrons. The van der Waals surface area contributed by atoms with Crippen molar-refractivity contribution >= 4 is 39.8 Å². The molecule has 0 aromatic heterocycles. The molecule has 1 heterocycles. The topological polar surface area (TPSA) is 49.4 Å². The van der Waals surface area contributed by atoms with Crippen molar-refractivity contribution in [3.8, 4) is 0 Å². The van der Waals surface area contributed by atoms with Gasteiger partial charge < -0.3 is 0 Å². The molecule has 1 aliphatic rings. The van der Waals surface area contributed by atoms with Crippen LogP contribution in [0.4, 0.5) is 0 Å². The van der Waals surface area contributed by atoms with Crippen LogP contribution in [0.5, 0.6) is 0 Å². The Morgan fingerprint density at radius 2 is 2.00 bits per heavy atom. The maximum Gasteiger partial charge on any atom is 0.246 e. The first-order chi connectivity index (χ1) is 4.29. The summed E-state index contributed by atoms with van der Waals surface area (Å²) in [5.74, 6) is 0. The fraction of sp³-hybridized carbons (Fsp3) is 0. The minimum absolute atomic E-state index is 0.0231. The average Bonchev–Trinajstić information content (AvgIpc) is 1.93. The number of hydrogen-bond donors (Lipinski definition) is 0. The normalized spacial score (nSPS) is 16.7. The molecule has 4 nitrogen and oxygen atoms in total. The van der Waals surface area contributed by atoms with Crippen LogP contribution in [0.2, 0.25) is 0 Å². The van der Waals surface area contributed by atoms with Gasteiger partial charge in [-0.1, -0.05) is 5.10 Å². The molecule has 0 amide bonds. The smallest absolute Gasteiger partial charge is 0.185 e. The van der Waals surface area contributed by atoms with E-state index in [1.807, 2.05) is 0 Å². The van der Waals surface area contributed by atoms with Gasteiger partial charge in [0.1, 0.15) is 6.01 Å². The summed E-state index contributed by atoms with van der Waals surface area (Å²) in [6.07, 6.45) is 0. The Bertz CT molecular complexity index is 234. The van der Waals surface area contributed by atoms with Crippen LogP contribution in [0.25, 0.3) is 0 Å². The van der Waals surface area contributed by atoms with E-state index < -0.39 is 0 Å². The monoisotopic (exact) mass is 162 g/mol. The third-order valence-electron chi connectivity index (χ3n) is 0.504. The first-order valence-corrected chi connectivity index (χ1v) is 2.68. The van der Waals surface area contributed by atoms with Gasteiger partial charge in [0, 0.05) is 0 Å². The number of rotatable bonds is 0. The maximum atomic E-state index is 5.31. The molecule has 0 N–H and O–H groups in total. The quantitative estimate of drug-likeness (QED) is 0.483. The summed E-state index contributed by atoms with van der Waals surface area (Å²) >= 11 is 10.6. The van der Waals surface area contributed by atoms with Crippen LogP contribution < -0.4 is 0 Å². The molecule has 0 bridgehead atoms. The van der Waals surface area contributed by atoms with Crippen molar-refractivity contribution in [3.05, 3.63) is 0 Å². The lowest BCUT2D eigenvalue weighted by molar-refractivity contribution is 1.26. The van der Waals surface area contributed by atoms with Crippen molar-refractivity contribution in [2.75, 3.05) is 0 Å². The largest absolute Gasteiger partial charge is 0.246 e. The van der Waals surface area contributed by atoms with E-state index in [2.05, 4.69) is 26.2 Å². The number of halogens is 2. The van der Waals surface area contributed by atoms with E-state index in [9.17, 15) is 0 Å². The van der Waals surface area contributed by atoms with E-state index in [4.69, 9.17) is 23.2 Å². The number of hydrogen-bond acceptors (Lipinski definition) is 4. The lowest BCUT2D eigenvalue weighted by Crippen LogP contribution is -1.83. The van der Waals surface area contributed by atoms with Crippen LogP contribution in [0, 0.1) is 0 Å². The summed E-state index contributed by atoms with van der Waals surface area (Å²) in [6.45, 7) is 0. The second kappa shape index (κ2) is 2.73. The number of aliphatic imine (C=N–C) groups is 2. The molecule has 0 unspecified atom stereocenters. The number of nitrogens with zero attached hydrogens (tertiary/aromatic N) is 4. The highest BCUT2D eigenvalue weighted by Gasteiger charge is 1.94. The summed E-state index contributed by atoms with van der Waals surface area (Å²) in [7, 11) is 0. The van der Waals surface area contributed by atoms with Gasteiger partial charge in [-0.2, -0.15) is 9.98 Å². The summed E-state index contributed by atoms with van der Waals surface area (Å²) in [5.41, 5.74) is 0. The van der Waals surface area contributed by atoms with Gasteiger partial charge >= 0.3 is 0 Å². The first-order valence-electron chi connectivity index (χ1n) is 1.92. The Kier molecular flexibility index (Phi) is 1.95. The van der Waals surface area contributed by atoms with Gasteiger partial charge in [-0.25, -0.2) is 0 Å². The first kappa shape index (κ1) is 6.42. The van der Waals surface area contributed by atoms with E-state index in [1.165, 1.54) is 0 Å². The molecular weight excluding hydrogens is 163 g/mol. The van der Waals surface area contributed by atoms with Crippen LogP contribution in [-0.4, -0.2) is 16.6 Å². The van der Waals surface area contributed by atoms with Gasteiger partial charge in [0.25, 0.3) is 0 Å². The van der Waals surface area contributed by atoms with E-state index >= 15 is 0 Å². The Hall–Kier alpha value is -0.700. The third kappa shape index (κ3) is 1.93. The van der Waals surface area contributed by atoms with E-state index in [0.717, 1.165) is 0 Å². The highest BCUT2D eigenvalue weighted by atomic mass is 35.5. The van der Waals surface area contributed by atoms with Crippen LogP contribution in [0.1, 0.15) is 0 Å². The van der Waals surface area contributed by atoms with Gasteiger partial charge in [-0.05, 0) is 23.2 Å². The molecule has 0 spiro atoms. The summed E-state index contributed by atoms with van der Waals surface area (Å²) in [6, 6.07) is 2.14. The SMILES string of the molecule is ClC1=NN=C=NC(Cl)=N1. The molecule has 0 aromatic rings. The molecule has 0 saturated heterocycles. The van der Waals surface area contributed by atoms with Crippen LogP contribution in [0.3, 0.4) is 0 Å². The zero-order valence-electron chi connectivity index (χ0n) is 4.04. The van der Waals surface area contributed by atoms with Gasteiger partial charge in [0.05, 0.1) is 0 Å². The molecular formula is C3Cl2N4. The summed E-state index contributed by atoms with van der Waals surface area (Å²) in [5, 5.41) is 6.48. The Morgan fingerprint density at radius 1 is 1.22 bits per heavy atom. The van der Waals surface area contributed by atoms with Crippen molar-refractivity contribution in [2.24, 2.45) is 20.2 Å². The fourth-order valence-corrected chi connectivity index (χ4v) is 0.530. The van der Waals surface area contributed by atoms with Crippen molar-refractivity contribution < 1.29 is 0 Å². The Balaban J connectivity index is 3.00. The third-order valence-corrected chi connectivity index (χ3v) is 0.833. The average molecular weight is 163 g/mol. The predicted octanol–water partition coefficient (Wildman–Crippen LogP) is 1.28. The minimum Gasteiger partial charge on any atom is -0.185 e. The van der Waals surface area contributed by atoms with Crippen molar-refractivity contribution in [1.82, 2.24) is 0 Å². The molecule has 0 atom stereocenters. The van der Waals surface area contributed by atoms with Gasteiger partial charge in [-0.15, -0.1) is 5.10 Å². The van der Waals surface area contributed by atoms with Gasteiger partial charge in [-0.3, -0.25) is 0 Å². The maximum absolute atomic E-state index is 5.31. The van der Waals surface area contributed by atoms with Gasteiger partial charge in [0.15, 0.2) is 0 Å². The highest BCUT2D eigenvalue weighted by Crippen LogP contribution is 1.96. The molecule has 0 aromatic carbocycles. The molecule has 1 rings (SSSR count). The predicted molar refractivity (Wildman–Crippen MR) is 36.4 cm³/mol. The molecule has 9 heavy (non-hydrogen) atoms. The highest BCUT2D eigenvalue weighted by molar-refractivity contribution is 6.71. The lowest BCUT2D eigenvalue weighted by Gasteiger charge is -1.79. The standard InChI is InChI=1S/C3Cl2N4/c4-2-6-1-7-9-3(5)8-2. The zero-order valence-corrected chi connectivity index (χ0v) is 5.56. The van der Waals surface area contributed by atoms with Gasteiger partial charge in [0.2, 0.25) is 10.6 Å². The molecule has 6 heteroatoms. The summed E-state index contributed by atoms with van der Waals surface area (Å²) < 4.78 is 0. The van der Waals surface area contributed by atoms with Crippen molar-refractivity contribution in [1.29, 1.82) is 0 Å². The molecule has 1 aliphatic heterocycles. The Labute approximate surface area is 60.6 Å². The van der Waals surface area contributed by atoms with E-state index in [0.29, 0.717) is 0 Å².